The van der Waals surface area contributed by atoms with Gasteiger partial charge in [-0.05, 0) is 43.5 Å². The van der Waals surface area contributed by atoms with Gasteiger partial charge in [0.1, 0.15) is 10.8 Å². The fraction of sp³-hybridized carbons (Fsp3) is 0.308. The summed E-state index contributed by atoms with van der Waals surface area (Å²) >= 11 is 1.45. The van der Waals surface area contributed by atoms with Crippen LogP contribution >= 0.6 is 23.7 Å². The number of rotatable bonds is 8. The van der Waals surface area contributed by atoms with Crippen LogP contribution in [0.25, 0.3) is 0 Å². The second-order valence-corrected chi connectivity index (χ2v) is 9.13. The van der Waals surface area contributed by atoms with Gasteiger partial charge in [0.15, 0.2) is 6.61 Å². The van der Waals surface area contributed by atoms with Gasteiger partial charge in [-0.1, -0.05) is 48.0 Å². The zero-order valence-corrected chi connectivity index (χ0v) is 21.0. The summed E-state index contributed by atoms with van der Waals surface area (Å²) in [5.74, 6) is -0.0643. The zero-order chi connectivity index (χ0) is 23.2. The molecule has 1 aromatic heterocycles. The summed E-state index contributed by atoms with van der Waals surface area (Å²) in [4.78, 5) is 28.8. The molecule has 0 atom stereocenters. The number of ether oxygens (including phenoxy) is 2. The lowest BCUT2D eigenvalue weighted by Crippen LogP contribution is -2.30. The summed E-state index contributed by atoms with van der Waals surface area (Å²) < 4.78 is 10.9. The molecule has 0 saturated carbocycles. The number of hydrogen-bond donors (Lipinski definition) is 1. The summed E-state index contributed by atoms with van der Waals surface area (Å²) in [5, 5.41) is 3.43. The fourth-order valence-corrected chi connectivity index (χ4v) is 5.18. The largest absolute Gasteiger partial charge is 0.484 e. The Kier molecular flexibility index (Phi) is 9.10. The number of carbonyl (C=O) groups is 2. The predicted octanol–water partition coefficient (Wildman–Crippen LogP) is 5.23. The van der Waals surface area contributed by atoms with Crippen LogP contribution in [-0.2, 0) is 29.0 Å². The molecule has 8 heteroatoms. The van der Waals surface area contributed by atoms with Crippen LogP contribution in [0, 0.1) is 6.92 Å². The predicted molar refractivity (Wildman–Crippen MR) is 137 cm³/mol. The van der Waals surface area contributed by atoms with Gasteiger partial charge in [0.05, 0.1) is 12.2 Å². The molecule has 0 fully saturated rings. The molecule has 0 unspecified atom stereocenters. The van der Waals surface area contributed by atoms with E-state index in [1.807, 2.05) is 49.4 Å². The van der Waals surface area contributed by atoms with Gasteiger partial charge in [-0.15, -0.1) is 23.7 Å². The molecular formula is C26H29ClN2O4S. The number of benzene rings is 2. The molecule has 0 bridgehead atoms. The number of hydrogen-bond acceptors (Lipinski definition) is 6. The Morgan fingerprint density at radius 2 is 1.82 bits per heavy atom. The summed E-state index contributed by atoms with van der Waals surface area (Å²) in [6.07, 6.45) is 0.739. The summed E-state index contributed by atoms with van der Waals surface area (Å²) in [7, 11) is 0. The maximum absolute atomic E-state index is 12.8. The fourth-order valence-electron chi connectivity index (χ4n) is 3.89. The molecule has 0 saturated heterocycles. The third-order valence-corrected chi connectivity index (χ3v) is 6.64. The van der Waals surface area contributed by atoms with E-state index in [1.54, 1.807) is 6.92 Å². The molecule has 1 N–H and O–H groups in total. The van der Waals surface area contributed by atoms with Gasteiger partial charge < -0.3 is 14.8 Å². The van der Waals surface area contributed by atoms with Crippen molar-refractivity contribution in [2.45, 2.75) is 33.4 Å². The van der Waals surface area contributed by atoms with Crippen molar-refractivity contribution in [2.75, 3.05) is 25.1 Å². The number of anilines is 1. The number of amides is 1. The van der Waals surface area contributed by atoms with Gasteiger partial charge >= 0.3 is 5.97 Å². The van der Waals surface area contributed by atoms with Gasteiger partial charge in [-0.25, -0.2) is 4.79 Å². The van der Waals surface area contributed by atoms with E-state index in [9.17, 15) is 9.59 Å². The van der Waals surface area contributed by atoms with Crippen LogP contribution in [-0.4, -0.2) is 36.5 Å². The molecule has 1 aliphatic rings. The highest BCUT2D eigenvalue weighted by molar-refractivity contribution is 7.17. The molecule has 4 rings (SSSR count). The highest BCUT2D eigenvalue weighted by atomic mass is 35.5. The first-order chi connectivity index (χ1) is 16.0. The van der Waals surface area contributed by atoms with Crippen LogP contribution in [0.3, 0.4) is 0 Å². The maximum Gasteiger partial charge on any atom is 0.341 e. The van der Waals surface area contributed by atoms with E-state index in [4.69, 9.17) is 9.47 Å². The number of halogens is 1. The molecule has 1 aliphatic heterocycles. The molecule has 0 spiro atoms. The van der Waals surface area contributed by atoms with Gasteiger partial charge in [0.2, 0.25) is 0 Å². The van der Waals surface area contributed by atoms with Crippen molar-refractivity contribution in [1.82, 2.24) is 4.90 Å². The monoisotopic (exact) mass is 500 g/mol. The average Bonchev–Trinajstić information content (AvgIpc) is 3.16. The molecule has 6 nitrogen and oxygen atoms in total. The Hall–Kier alpha value is -2.87. The maximum atomic E-state index is 12.8. The second kappa shape index (κ2) is 12.0. The van der Waals surface area contributed by atoms with Crippen LogP contribution in [0.5, 0.6) is 5.75 Å². The van der Waals surface area contributed by atoms with Crippen LogP contribution < -0.4 is 10.1 Å². The standard InChI is InChI=1S/C26H28N2O4S.ClH/c1-3-31-26(30)24-21-13-14-28(15-19-7-5-4-6-8-19)16-22(21)33-25(24)27-23(29)17-32-20-11-9-18(2)10-12-20;/h4-12H,3,13-17H2,1-2H3,(H,27,29);1H. The Morgan fingerprint density at radius 3 is 2.53 bits per heavy atom. The van der Waals surface area contributed by atoms with E-state index >= 15 is 0 Å². The van der Waals surface area contributed by atoms with Crippen molar-refractivity contribution in [3.63, 3.8) is 0 Å². The number of fused-ring (bicyclic) bond motifs is 1. The lowest BCUT2D eigenvalue weighted by Gasteiger charge is -2.27. The minimum Gasteiger partial charge on any atom is -0.484 e. The first-order valence-electron chi connectivity index (χ1n) is 11.1. The number of nitrogens with one attached hydrogen (secondary N) is 1. The number of nitrogens with zero attached hydrogens (tertiary/aromatic N) is 1. The molecular weight excluding hydrogens is 472 g/mol. The Labute approximate surface area is 210 Å². The summed E-state index contributed by atoms with van der Waals surface area (Å²) in [6.45, 7) is 6.35. The van der Waals surface area contributed by atoms with E-state index in [0.29, 0.717) is 16.3 Å². The van der Waals surface area contributed by atoms with Crippen LogP contribution in [0.15, 0.2) is 54.6 Å². The lowest BCUT2D eigenvalue weighted by atomic mass is 10.0. The number of esters is 1. The molecule has 2 heterocycles. The summed E-state index contributed by atoms with van der Waals surface area (Å²) in [5.41, 5.74) is 3.85. The highest BCUT2D eigenvalue weighted by Gasteiger charge is 2.29. The van der Waals surface area contributed by atoms with Crippen LogP contribution in [0.2, 0.25) is 0 Å². The van der Waals surface area contributed by atoms with Crippen molar-refractivity contribution in [1.29, 1.82) is 0 Å². The second-order valence-electron chi connectivity index (χ2n) is 8.02. The minimum absolute atomic E-state index is 0. The summed E-state index contributed by atoms with van der Waals surface area (Å²) in [6, 6.07) is 17.9. The first-order valence-corrected chi connectivity index (χ1v) is 11.9. The smallest absolute Gasteiger partial charge is 0.341 e. The van der Waals surface area contributed by atoms with Crippen molar-refractivity contribution in [3.05, 3.63) is 81.7 Å². The number of thiophene rings is 1. The van der Waals surface area contributed by atoms with Crippen LogP contribution in [0.4, 0.5) is 5.00 Å². The van der Waals surface area contributed by atoms with Gasteiger partial charge in [-0.2, -0.15) is 0 Å². The lowest BCUT2D eigenvalue weighted by molar-refractivity contribution is -0.118. The quantitative estimate of drug-likeness (QED) is 0.429. The van der Waals surface area contributed by atoms with Gasteiger partial charge in [0, 0.05) is 24.5 Å². The van der Waals surface area contributed by atoms with Crippen LogP contribution in [0.1, 0.15) is 38.8 Å². The Bertz CT molecular complexity index is 1120. The zero-order valence-electron chi connectivity index (χ0n) is 19.3. The minimum atomic E-state index is -0.388. The molecule has 180 valence electrons. The van der Waals surface area contributed by atoms with E-state index in [1.165, 1.54) is 16.9 Å². The third-order valence-electron chi connectivity index (χ3n) is 5.51. The number of carbonyl (C=O) groups excluding carboxylic acids is 2. The molecule has 2 aromatic carbocycles. The molecule has 0 radical (unpaired) electrons. The van der Waals surface area contributed by atoms with E-state index in [2.05, 4.69) is 22.3 Å². The van der Waals surface area contributed by atoms with Crippen molar-refractivity contribution >= 4 is 40.6 Å². The van der Waals surface area contributed by atoms with Gasteiger partial charge in [-0.3, -0.25) is 9.69 Å². The Balaban J connectivity index is 0.00000324. The topological polar surface area (TPSA) is 67.9 Å². The Morgan fingerprint density at radius 1 is 1.09 bits per heavy atom. The average molecular weight is 501 g/mol. The SMILES string of the molecule is CCOC(=O)c1c(NC(=O)COc2ccc(C)cc2)sc2c1CCN(Cc1ccccc1)C2.Cl. The van der Waals surface area contributed by atoms with E-state index in [0.717, 1.165) is 42.1 Å². The van der Waals surface area contributed by atoms with E-state index < -0.39 is 0 Å². The highest BCUT2D eigenvalue weighted by Crippen LogP contribution is 2.38. The van der Waals surface area contributed by atoms with E-state index in [-0.39, 0.29) is 37.5 Å². The van der Waals surface area contributed by atoms with Crippen molar-refractivity contribution in [2.24, 2.45) is 0 Å². The number of aryl methyl sites for hydroxylation is 1. The van der Waals surface area contributed by atoms with Crippen molar-refractivity contribution < 1.29 is 19.1 Å². The van der Waals surface area contributed by atoms with Crippen molar-refractivity contribution in [3.8, 4) is 5.75 Å². The van der Waals surface area contributed by atoms with Gasteiger partial charge in [0.25, 0.3) is 5.91 Å². The molecule has 3 aromatic rings. The normalized spacial score (nSPS) is 12.9. The third kappa shape index (κ3) is 6.38. The molecule has 34 heavy (non-hydrogen) atoms. The molecule has 1 amide bonds. The first kappa shape index (κ1) is 25.7. The molecule has 0 aliphatic carbocycles.